The van der Waals surface area contributed by atoms with Crippen LogP contribution >= 0.6 is 0 Å². The third-order valence-corrected chi connectivity index (χ3v) is 2.44. The van der Waals surface area contributed by atoms with Gasteiger partial charge in [0.15, 0.2) is 0 Å². The summed E-state index contributed by atoms with van der Waals surface area (Å²) in [4.78, 5) is 0. The molecule has 0 saturated carbocycles. The Morgan fingerprint density at radius 1 is 1.27 bits per heavy atom. The van der Waals surface area contributed by atoms with Crippen molar-refractivity contribution in [1.82, 2.24) is 0 Å². The largest absolute Gasteiger partial charge is 0.493 e. The van der Waals surface area contributed by atoms with Crippen LogP contribution in [0.1, 0.15) is 19.8 Å². The minimum atomic E-state index is 0.800. The molecule has 1 nitrogen and oxygen atoms in total. The molecule has 0 fully saturated rings. The van der Waals surface area contributed by atoms with Crippen LogP contribution in [0.3, 0.4) is 0 Å². The first-order valence-electron chi connectivity index (χ1n) is 5.43. The molecule has 2 aromatic rings. The van der Waals surface area contributed by atoms with E-state index in [0.717, 1.165) is 18.8 Å². The molecule has 77 valence electrons. The first kappa shape index (κ1) is 10.0. The highest BCUT2D eigenvalue weighted by Crippen LogP contribution is 2.24. The van der Waals surface area contributed by atoms with E-state index < -0.39 is 0 Å². The zero-order valence-corrected chi connectivity index (χ0v) is 8.99. The molecule has 1 radical (unpaired) electrons. The van der Waals surface area contributed by atoms with Crippen LogP contribution in [0.25, 0.3) is 10.8 Å². The highest BCUT2D eigenvalue weighted by molar-refractivity contribution is 5.88. The first-order valence-corrected chi connectivity index (χ1v) is 5.43. The molecule has 0 amide bonds. The second kappa shape index (κ2) is 4.83. The molecule has 0 aliphatic carbocycles. The van der Waals surface area contributed by atoms with Crippen LogP contribution in [0.2, 0.25) is 0 Å². The van der Waals surface area contributed by atoms with Crippen molar-refractivity contribution < 1.29 is 4.74 Å². The van der Waals surface area contributed by atoms with Crippen LogP contribution < -0.4 is 4.74 Å². The zero-order valence-electron chi connectivity index (χ0n) is 8.99. The maximum atomic E-state index is 5.75. The molecule has 0 N–H and O–H groups in total. The van der Waals surface area contributed by atoms with Crippen LogP contribution in [-0.4, -0.2) is 6.61 Å². The number of hydrogen-bond donors (Lipinski definition) is 0. The summed E-state index contributed by atoms with van der Waals surface area (Å²) in [6, 6.07) is 15.2. The summed E-state index contributed by atoms with van der Waals surface area (Å²) in [5.74, 6) is 0.981. The fourth-order valence-electron chi connectivity index (χ4n) is 1.59. The lowest BCUT2D eigenvalue weighted by molar-refractivity contribution is 0.313. The van der Waals surface area contributed by atoms with E-state index in [9.17, 15) is 0 Å². The van der Waals surface area contributed by atoms with Crippen LogP contribution in [-0.2, 0) is 0 Å². The Morgan fingerprint density at radius 2 is 2.20 bits per heavy atom. The zero-order chi connectivity index (χ0) is 10.5. The summed E-state index contributed by atoms with van der Waals surface area (Å²) in [5.41, 5.74) is 0. The van der Waals surface area contributed by atoms with E-state index in [-0.39, 0.29) is 0 Å². The van der Waals surface area contributed by atoms with Gasteiger partial charge in [-0.3, -0.25) is 0 Å². The van der Waals surface area contributed by atoms with E-state index in [0.29, 0.717) is 0 Å². The molecule has 15 heavy (non-hydrogen) atoms. The summed E-state index contributed by atoms with van der Waals surface area (Å²) in [6.07, 6.45) is 2.27. The van der Waals surface area contributed by atoms with Crippen molar-refractivity contribution in [3.8, 4) is 5.75 Å². The molecule has 0 aromatic heterocycles. The van der Waals surface area contributed by atoms with E-state index in [1.807, 2.05) is 24.3 Å². The van der Waals surface area contributed by atoms with Crippen molar-refractivity contribution in [2.75, 3.05) is 6.61 Å². The Balaban J connectivity index is 2.26. The number of fused-ring (bicyclic) bond motifs is 1. The molecule has 1 heteroatoms. The van der Waals surface area contributed by atoms with Gasteiger partial charge in [-0.25, -0.2) is 0 Å². The fourth-order valence-corrected chi connectivity index (χ4v) is 1.59. The van der Waals surface area contributed by atoms with Crippen LogP contribution in [0.15, 0.2) is 36.4 Å². The van der Waals surface area contributed by atoms with Gasteiger partial charge in [0.25, 0.3) is 0 Å². The Morgan fingerprint density at radius 3 is 3.07 bits per heavy atom. The lowest BCUT2D eigenvalue weighted by Crippen LogP contribution is -1.96. The first-order chi connectivity index (χ1) is 7.42. The minimum Gasteiger partial charge on any atom is -0.493 e. The molecule has 0 spiro atoms. The van der Waals surface area contributed by atoms with Crippen molar-refractivity contribution in [3.05, 3.63) is 42.5 Å². The lowest BCUT2D eigenvalue weighted by atomic mass is 10.1. The van der Waals surface area contributed by atoms with Crippen molar-refractivity contribution >= 4 is 10.8 Å². The van der Waals surface area contributed by atoms with E-state index >= 15 is 0 Å². The maximum Gasteiger partial charge on any atom is 0.127 e. The number of ether oxygens (including phenoxy) is 1. The summed E-state index contributed by atoms with van der Waals surface area (Å²) >= 11 is 0. The molecule has 2 aromatic carbocycles. The van der Waals surface area contributed by atoms with Gasteiger partial charge in [0.05, 0.1) is 6.61 Å². The van der Waals surface area contributed by atoms with Crippen LogP contribution in [0.5, 0.6) is 5.75 Å². The molecule has 0 aliphatic rings. The Kier molecular flexibility index (Phi) is 3.23. The van der Waals surface area contributed by atoms with Crippen molar-refractivity contribution in [1.29, 1.82) is 0 Å². The van der Waals surface area contributed by atoms with E-state index in [1.165, 1.54) is 17.2 Å². The summed E-state index contributed by atoms with van der Waals surface area (Å²) in [6.45, 7) is 2.97. The number of hydrogen-bond acceptors (Lipinski definition) is 1. The normalized spacial score (nSPS) is 10.5. The molecule has 0 bridgehead atoms. The second-order valence-corrected chi connectivity index (χ2v) is 3.61. The molecule has 2 rings (SSSR count). The minimum absolute atomic E-state index is 0.800. The summed E-state index contributed by atoms with van der Waals surface area (Å²) in [7, 11) is 0. The predicted octanol–water partition coefficient (Wildman–Crippen LogP) is 3.82. The van der Waals surface area contributed by atoms with Gasteiger partial charge in [0.2, 0.25) is 0 Å². The lowest BCUT2D eigenvalue weighted by Gasteiger charge is -2.08. The topological polar surface area (TPSA) is 9.23 Å². The van der Waals surface area contributed by atoms with Crippen molar-refractivity contribution in [3.63, 3.8) is 0 Å². The molecule has 0 saturated heterocycles. The summed E-state index contributed by atoms with van der Waals surface area (Å²) in [5, 5.41) is 2.36. The van der Waals surface area contributed by atoms with E-state index in [1.54, 1.807) is 0 Å². The average Bonchev–Trinajstić information content (AvgIpc) is 2.30. The molecule has 0 aliphatic heterocycles. The highest BCUT2D eigenvalue weighted by atomic mass is 16.5. The van der Waals surface area contributed by atoms with Crippen LogP contribution in [0.4, 0.5) is 0 Å². The van der Waals surface area contributed by atoms with Gasteiger partial charge in [-0.05, 0) is 30.0 Å². The standard InChI is InChI=1S/C14H15O/c1-2-3-11-15-14-10-6-8-12-7-4-5-9-13(12)14/h5-10H,2-3,11H2,1H3. The second-order valence-electron chi connectivity index (χ2n) is 3.61. The average molecular weight is 199 g/mol. The van der Waals surface area contributed by atoms with Gasteiger partial charge in [-0.2, -0.15) is 0 Å². The highest BCUT2D eigenvalue weighted by Gasteiger charge is 1.99. The molecule has 0 unspecified atom stereocenters. The van der Waals surface area contributed by atoms with Gasteiger partial charge in [0.1, 0.15) is 5.75 Å². The fraction of sp³-hybridized carbons (Fsp3) is 0.286. The number of benzene rings is 2. The van der Waals surface area contributed by atoms with Gasteiger partial charge in [-0.1, -0.05) is 37.6 Å². The Hall–Kier alpha value is -1.50. The molecule has 0 atom stereocenters. The maximum absolute atomic E-state index is 5.75. The third-order valence-electron chi connectivity index (χ3n) is 2.44. The number of rotatable bonds is 4. The van der Waals surface area contributed by atoms with E-state index in [2.05, 4.69) is 25.1 Å². The Labute approximate surface area is 90.7 Å². The van der Waals surface area contributed by atoms with E-state index in [4.69, 9.17) is 4.74 Å². The number of unbranched alkanes of at least 4 members (excludes halogenated alkanes) is 1. The predicted molar refractivity (Wildman–Crippen MR) is 63.2 cm³/mol. The van der Waals surface area contributed by atoms with Crippen LogP contribution in [0, 0.1) is 6.07 Å². The van der Waals surface area contributed by atoms with Gasteiger partial charge in [-0.15, -0.1) is 0 Å². The van der Waals surface area contributed by atoms with Gasteiger partial charge >= 0.3 is 0 Å². The third kappa shape index (κ3) is 2.30. The van der Waals surface area contributed by atoms with Gasteiger partial charge in [0, 0.05) is 5.39 Å². The smallest absolute Gasteiger partial charge is 0.127 e. The van der Waals surface area contributed by atoms with Crippen molar-refractivity contribution in [2.24, 2.45) is 0 Å². The van der Waals surface area contributed by atoms with Gasteiger partial charge < -0.3 is 4.74 Å². The van der Waals surface area contributed by atoms with Crippen molar-refractivity contribution in [2.45, 2.75) is 19.8 Å². The SMILES string of the molecule is CCCCOc1cccc2c[c]ccc12. The Bertz CT molecular complexity index is 429. The summed E-state index contributed by atoms with van der Waals surface area (Å²) < 4.78 is 5.75. The quantitative estimate of drug-likeness (QED) is 0.680. The molecular formula is C14H15O. The monoisotopic (exact) mass is 199 g/mol. The molecule has 0 heterocycles. The molecular weight excluding hydrogens is 184 g/mol.